The van der Waals surface area contributed by atoms with Gasteiger partial charge in [-0.25, -0.2) is 0 Å². The summed E-state index contributed by atoms with van der Waals surface area (Å²) in [6.45, 7) is -4.59. The van der Waals surface area contributed by atoms with E-state index in [9.17, 15) is 4.79 Å². The van der Waals surface area contributed by atoms with Crippen LogP contribution in [0.15, 0.2) is 121 Å². The first kappa shape index (κ1) is 25.8. The minimum Gasteiger partial charge on any atom is -0.374 e. The van der Waals surface area contributed by atoms with Crippen LogP contribution in [0.5, 0.6) is 0 Å². The molecule has 0 aliphatic carbocycles. The SMILES string of the molecule is [2H]C(OC[C@H]1OC(CCC=O)[C@@H](OC([2H])c2ccccc2)[C@@H](OC([2H])c2ccccc2)[C@@H]1OC([2H])c1ccccc1)c1ccccc1. The van der Waals surface area contributed by atoms with Gasteiger partial charge in [-0.05, 0) is 28.7 Å². The van der Waals surface area contributed by atoms with Crippen LogP contribution in [0.1, 0.15) is 40.6 Å². The fourth-order valence-electron chi connectivity index (χ4n) is 4.91. The van der Waals surface area contributed by atoms with Gasteiger partial charge in [0.1, 0.15) is 30.7 Å². The van der Waals surface area contributed by atoms with E-state index in [0.29, 0.717) is 22.3 Å². The van der Waals surface area contributed by atoms with Crippen molar-refractivity contribution < 1.29 is 34.0 Å². The molecular formula is C37H40O6. The van der Waals surface area contributed by atoms with Crippen molar-refractivity contribution in [3.8, 4) is 0 Å². The van der Waals surface area contributed by atoms with Crippen LogP contribution in [-0.2, 0) is 54.8 Å². The molecule has 5 unspecified atom stereocenters. The van der Waals surface area contributed by atoms with Crippen molar-refractivity contribution in [3.05, 3.63) is 144 Å². The number of aldehydes is 1. The Morgan fingerprint density at radius 1 is 0.558 bits per heavy atom. The fourth-order valence-corrected chi connectivity index (χ4v) is 4.91. The third kappa shape index (κ3) is 9.42. The number of carbonyl (C=O) groups excluding carboxylic acids is 1. The van der Waals surface area contributed by atoms with Crippen molar-refractivity contribution in [3.63, 3.8) is 0 Å². The lowest BCUT2D eigenvalue weighted by molar-refractivity contribution is -0.273. The summed E-state index contributed by atoms with van der Waals surface area (Å²) in [7, 11) is 0. The smallest absolute Gasteiger partial charge is 0.120 e. The van der Waals surface area contributed by atoms with Crippen molar-refractivity contribution in [2.75, 3.05) is 6.61 Å². The maximum atomic E-state index is 11.6. The number of hydrogen-bond acceptors (Lipinski definition) is 6. The first-order chi connectivity index (χ1) is 22.9. The molecule has 0 bridgehead atoms. The van der Waals surface area contributed by atoms with E-state index in [-0.39, 0.29) is 19.4 Å². The van der Waals surface area contributed by atoms with Crippen molar-refractivity contribution in [2.24, 2.45) is 0 Å². The Balaban J connectivity index is 1.51. The maximum Gasteiger partial charge on any atom is 0.120 e. The van der Waals surface area contributed by atoms with Crippen LogP contribution in [0, 0.1) is 0 Å². The van der Waals surface area contributed by atoms with E-state index in [1.807, 2.05) is 72.8 Å². The first-order valence-electron chi connectivity index (χ1n) is 16.8. The zero-order valence-electron chi connectivity index (χ0n) is 27.9. The molecule has 1 aliphatic rings. The van der Waals surface area contributed by atoms with Crippen LogP contribution in [0.25, 0.3) is 0 Å². The van der Waals surface area contributed by atoms with Crippen LogP contribution in [-0.4, -0.2) is 43.4 Å². The summed E-state index contributed by atoms with van der Waals surface area (Å²) in [4.78, 5) is 11.6. The lowest BCUT2D eigenvalue weighted by Gasteiger charge is -2.46. The van der Waals surface area contributed by atoms with Gasteiger partial charge in [0.2, 0.25) is 0 Å². The molecule has 224 valence electrons. The molecule has 0 amide bonds. The molecule has 1 saturated heterocycles. The summed E-state index contributed by atoms with van der Waals surface area (Å²) in [5.41, 5.74) is 2.46. The van der Waals surface area contributed by atoms with Crippen LogP contribution >= 0.6 is 0 Å². The normalized spacial score (nSPS) is 26.1. The molecule has 6 heteroatoms. The van der Waals surface area contributed by atoms with Gasteiger partial charge in [-0.15, -0.1) is 0 Å². The predicted octanol–water partition coefficient (Wildman–Crippen LogP) is 6.71. The standard InChI is InChI=1S/C37H40O6/c38-23-13-22-33-35(40-25-30-16-7-2-8-17-30)37(42-27-32-20-11-4-12-21-32)36(41-26-31-18-9-3-10-19-31)34(43-33)28-39-24-29-14-5-1-6-15-29/h1-12,14-21,23,33-37H,13,22,24-28H2/t33?,34-,35-,36-,37-/m1/s1/i24D,25D,26D,27D/t24?,25?,26?,27?,33?,34-,35-,36-,37-. The first-order valence-corrected chi connectivity index (χ1v) is 14.5. The number of benzene rings is 4. The molecule has 5 rings (SSSR count). The van der Waals surface area contributed by atoms with E-state index in [4.69, 9.17) is 29.2 Å². The lowest BCUT2D eigenvalue weighted by atomic mass is 9.92. The molecule has 0 aromatic heterocycles. The van der Waals surface area contributed by atoms with Crippen molar-refractivity contribution in [1.82, 2.24) is 0 Å². The highest BCUT2D eigenvalue weighted by Crippen LogP contribution is 2.32. The number of hydrogen-bond donors (Lipinski definition) is 0. The Labute approximate surface area is 260 Å². The van der Waals surface area contributed by atoms with Gasteiger partial charge < -0.3 is 28.5 Å². The number of ether oxygens (including phenoxy) is 5. The molecule has 0 N–H and O–H groups in total. The number of rotatable bonds is 16. The maximum absolute atomic E-state index is 11.6. The Morgan fingerprint density at radius 2 is 0.953 bits per heavy atom. The van der Waals surface area contributed by atoms with Gasteiger partial charge in [-0.1, -0.05) is 121 Å². The van der Waals surface area contributed by atoms with E-state index in [1.54, 1.807) is 48.5 Å². The lowest BCUT2D eigenvalue weighted by Crippen LogP contribution is -2.61. The molecule has 1 fully saturated rings. The highest BCUT2D eigenvalue weighted by molar-refractivity contribution is 5.49. The van der Waals surface area contributed by atoms with Crippen molar-refractivity contribution >= 4 is 6.29 Å². The number of carbonyl (C=O) groups is 1. The molecule has 43 heavy (non-hydrogen) atoms. The highest BCUT2D eigenvalue weighted by atomic mass is 16.6. The summed E-state index contributed by atoms with van der Waals surface area (Å²) in [5.74, 6) is 0. The van der Waals surface area contributed by atoms with E-state index < -0.39 is 56.9 Å². The molecule has 6 nitrogen and oxygen atoms in total. The van der Waals surface area contributed by atoms with E-state index in [1.165, 1.54) is 0 Å². The molecule has 1 heterocycles. The molecule has 1 aliphatic heterocycles. The van der Waals surface area contributed by atoms with Gasteiger partial charge in [0.15, 0.2) is 0 Å². The van der Waals surface area contributed by atoms with E-state index >= 15 is 0 Å². The van der Waals surface area contributed by atoms with Crippen molar-refractivity contribution in [2.45, 2.75) is 69.7 Å². The van der Waals surface area contributed by atoms with Gasteiger partial charge in [-0.2, -0.15) is 0 Å². The Kier molecular flexibility index (Phi) is 10.1. The molecule has 9 atom stereocenters. The molecule has 0 saturated carbocycles. The largest absolute Gasteiger partial charge is 0.374 e. The summed E-state index contributed by atoms with van der Waals surface area (Å²) in [6.07, 6.45) is -3.42. The monoisotopic (exact) mass is 584 g/mol. The van der Waals surface area contributed by atoms with E-state index in [2.05, 4.69) is 0 Å². The van der Waals surface area contributed by atoms with E-state index in [0.717, 1.165) is 6.29 Å². The van der Waals surface area contributed by atoms with Crippen LogP contribution in [0.4, 0.5) is 0 Å². The van der Waals surface area contributed by atoms with Crippen LogP contribution in [0.3, 0.4) is 0 Å². The summed E-state index contributed by atoms with van der Waals surface area (Å²) in [5, 5.41) is 0. The van der Waals surface area contributed by atoms with Gasteiger partial charge in [-0.3, -0.25) is 0 Å². The molecule has 4 aromatic rings. The summed E-state index contributed by atoms with van der Waals surface area (Å²) in [6, 6.07) is 36.3. The second kappa shape index (κ2) is 16.8. The quantitative estimate of drug-likeness (QED) is 0.137. The fraction of sp³-hybridized carbons (Fsp3) is 0.324. The Bertz CT molecular complexity index is 1470. The third-order valence-corrected chi connectivity index (χ3v) is 7.06. The van der Waals surface area contributed by atoms with Crippen molar-refractivity contribution in [1.29, 1.82) is 0 Å². The van der Waals surface area contributed by atoms with Gasteiger partial charge in [0.05, 0.1) is 44.5 Å². The third-order valence-electron chi connectivity index (χ3n) is 7.06. The highest BCUT2D eigenvalue weighted by Gasteiger charge is 2.48. The molecule has 0 radical (unpaired) electrons. The average molecular weight is 585 g/mol. The van der Waals surface area contributed by atoms with Crippen LogP contribution < -0.4 is 0 Å². The molecular weight excluding hydrogens is 540 g/mol. The van der Waals surface area contributed by atoms with Gasteiger partial charge in [0, 0.05) is 6.42 Å². The molecule has 4 aromatic carbocycles. The Morgan fingerprint density at radius 3 is 1.40 bits per heavy atom. The predicted molar refractivity (Wildman–Crippen MR) is 165 cm³/mol. The average Bonchev–Trinajstić information content (AvgIpc) is 3.13. The second-order valence-corrected chi connectivity index (χ2v) is 10.2. The van der Waals surface area contributed by atoms with Gasteiger partial charge in [0.25, 0.3) is 0 Å². The van der Waals surface area contributed by atoms with Crippen LogP contribution in [0.2, 0.25) is 0 Å². The summed E-state index contributed by atoms with van der Waals surface area (Å²) < 4.78 is 67.4. The zero-order chi connectivity index (χ0) is 33.0. The molecule has 0 spiro atoms. The summed E-state index contributed by atoms with van der Waals surface area (Å²) >= 11 is 0. The topological polar surface area (TPSA) is 63.2 Å². The second-order valence-electron chi connectivity index (χ2n) is 10.2. The minimum absolute atomic E-state index is 0.101. The minimum atomic E-state index is -1.17. The zero-order valence-corrected chi connectivity index (χ0v) is 23.9. The van der Waals surface area contributed by atoms with Gasteiger partial charge >= 0.3 is 0 Å². The Hall–Kier alpha value is -3.65.